The first kappa shape index (κ1) is 13.6. The van der Waals surface area contributed by atoms with Crippen molar-refractivity contribution < 1.29 is 13.2 Å². The van der Waals surface area contributed by atoms with Crippen LogP contribution in [0.25, 0.3) is 0 Å². The molecule has 0 aliphatic carbocycles. The van der Waals surface area contributed by atoms with E-state index in [1.54, 1.807) is 6.92 Å². The number of nitrogens with zero attached hydrogens (tertiary/aromatic N) is 2. The molecular weight excluding hydrogens is 280 g/mol. The minimum atomic E-state index is -3.50. The maximum Gasteiger partial charge on any atom is 0.260 e. The number of rotatable bonds is 2. The number of aryl methyl sites for hydroxylation is 1. The van der Waals surface area contributed by atoms with Crippen molar-refractivity contribution in [2.75, 3.05) is 13.1 Å². The van der Waals surface area contributed by atoms with Crippen LogP contribution in [0.2, 0.25) is 0 Å². The SMILES string of the molecule is Cc1ncc(S(=O)(=O)N2CCC3NC(=O)CCC3C2)[nH]1. The highest BCUT2D eigenvalue weighted by Crippen LogP contribution is 2.28. The molecule has 2 aliphatic rings. The minimum absolute atomic E-state index is 0.0757. The lowest BCUT2D eigenvalue weighted by Crippen LogP contribution is -2.55. The van der Waals surface area contributed by atoms with Crippen LogP contribution < -0.4 is 5.32 Å². The van der Waals surface area contributed by atoms with Crippen molar-refractivity contribution in [3.05, 3.63) is 12.0 Å². The van der Waals surface area contributed by atoms with Gasteiger partial charge in [-0.2, -0.15) is 4.31 Å². The Morgan fingerprint density at radius 2 is 2.20 bits per heavy atom. The Bertz CT molecular complexity index is 624. The Hall–Kier alpha value is -1.41. The van der Waals surface area contributed by atoms with Crippen LogP contribution in [-0.4, -0.2) is 47.7 Å². The molecule has 2 atom stereocenters. The minimum Gasteiger partial charge on any atom is -0.353 e. The number of aromatic nitrogens is 2. The summed E-state index contributed by atoms with van der Waals surface area (Å²) in [5, 5.41) is 3.10. The van der Waals surface area contributed by atoms with Crippen LogP contribution in [-0.2, 0) is 14.8 Å². The van der Waals surface area contributed by atoms with Crippen LogP contribution in [0.3, 0.4) is 0 Å². The number of aromatic amines is 1. The summed E-state index contributed by atoms with van der Waals surface area (Å²) in [5.74, 6) is 0.871. The second-order valence-corrected chi connectivity index (χ2v) is 7.36. The number of hydrogen-bond donors (Lipinski definition) is 2. The van der Waals surface area contributed by atoms with E-state index in [1.807, 2.05) is 0 Å². The Balaban J connectivity index is 1.77. The van der Waals surface area contributed by atoms with Crippen molar-refractivity contribution in [3.63, 3.8) is 0 Å². The van der Waals surface area contributed by atoms with Crippen molar-refractivity contribution in [2.45, 2.75) is 37.3 Å². The standard InChI is InChI=1S/C12H18N4O3S/c1-8-13-6-12(14-8)20(18,19)16-5-4-10-9(7-16)2-3-11(17)15-10/h6,9-10H,2-5,7H2,1H3,(H,13,14)(H,15,17). The van der Waals surface area contributed by atoms with Gasteiger partial charge in [-0.3, -0.25) is 4.79 Å². The second-order valence-electron chi connectivity index (χ2n) is 5.46. The molecule has 2 unspecified atom stereocenters. The first-order valence-electron chi connectivity index (χ1n) is 6.78. The maximum absolute atomic E-state index is 12.5. The molecule has 0 spiro atoms. The number of H-pyrrole nitrogens is 1. The molecule has 1 aromatic rings. The van der Waals surface area contributed by atoms with E-state index in [0.717, 1.165) is 6.42 Å². The monoisotopic (exact) mass is 298 g/mol. The van der Waals surface area contributed by atoms with Crippen LogP contribution in [0, 0.1) is 12.8 Å². The Morgan fingerprint density at radius 3 is 2.90 bits per heavy atom. The number of hydrogen-bond acceptors (Lipinski definition) is 4. The molecule has 0 saturated carbocycles. The summed E-state index contributed by atoms with van der Waals surface area (Å²) in [6, 6.07) is 0.117. The van der Waals surface area contributed by atoms with Crippen molar-refractivity contribution >= 4 is 15.9 Å². The lowest BCUT2D eigenvalue weighted by atomic mass is 9.86. The molecule has 1 aromatic heterocycles. The van der Waals surface area contributed by atoms with Gasteiger partial charge in [0.05, 0.1) is 6.20 Å². The zero-order valence-corrected chi connectivity index (χ0v) is 12.1. The number of fused-ring (bicyclic) bond motifs is 1. The highest BCUT2D eigenvalue weighted by molar-refractivity contribution is 7.89. The molecule has 2 aliphatic heterocycles. The topological polar surface area (TPSA) is 95.2 Å². The Morgan fingerprint density at radius 1 is 1.40 bits per heavy atom. The third-order valence-electron chi connectivity index (χ3n) is 4.08. The van der Waals surface area contributed by atoms with Gasteiger partial charge in [-0.25, -0.2) is 13.4 Å². The predicted molar refractivity (Wildman–Crippen MR) is 71.4 cm³/mol. The molecule has 0 bridgehead atoms. The van der Waals surface area contributed by atoms with E-state index in [2.05, 4.69) is 15.3 Å². The van der Waals surface area contributed by atoms with Gasteiger partial charge in [0.25, 0.3) is 10.0 Å². The number of carbonyl (C=O) groups excluding carboxylic acids is 1. The zero-order chi connectivity index (χ0) is 14.3. The molecule has 3 rings (SSSR count). The van der Waals surface area contributed by atoms with E-state index in [0.29, 0.717) is 31.8 Å². The molecule has 0 aromatic carbocycles. The molecule has 2 saturated heterocycles. The third-order valence-corrected chi connectivity index (χ3v) is 5.86. The first-order chi connectivity index (χ1) is 9.46. The molecule has 0 radical (unpaired) electrons. The Kier molecular flexibility index (Phi) is 3.29. The van der Waals surface area contributed by atoms with Crippen LogP contribution in [0.4, 0.5) is 0 Å². The fourth-order valence-corrected chi connectivity index (χ4v) is 4.44. The van der Waals surface area contributed by atoms with E-state index in [9.17, 15) is 13.2 Å². The molecule has 8 heteroatoms. The number of imidazole rings is 1. The number of sulfonamides is 1. The predicted octanol–water partition coefficient (Wildman–Crippen LogP) is 0.00732. The van der Waals surface area contributed by atoms with Crippen molar-refractivity contribution in [1.29, 1.82) is 0 Å². The van der Waals surface area contributed by atoms with Crippen molar-refractivity contribution in [2.24, 2.45) is 5.92 Å². The summed E-state index contributed by atoms with van der Waals surface area (Å²) in [7, 11) is -3.50. The molecular formula is C12H18N4O3S. The van der Waals surface area contributed by atoms with Gasteiger partial charge in [-0.1, -0.05) is 0 Å². The summed E-state index contributed by atoms with van der Waals surface area (Å²) in [5.41, 5.74) is 0. The highest BCUT2D eigenvalue weighted by atomic mass is 32.2. The van der Waals surface area contributed by atoms with E-state index in [-0.39, 0.29) is 22.9 Å². The quantitative estimate of drug-likeness (QED) is 0.804. The third kappa shape index (κ3) is 2.33. The fourth-order valence-electron chi connectivity index (χ4n) is 2.96. The maximum atomic E-state index is 12.5. The first-order valence-corrected chi connectivity index (χ1v) is 8.22. The Labute approximate surface area is 117 Å². The van der Waals surface area contributed by atoms with Gasteiger partial charge in [0.15, 0.2) is 5.03 Å². The lowest BCUT2D eigenvalue weighted by molar-refractivity contribution is -0.124. The number of amides is 1. The zero-order valence-electron chi connectivity index (χ0n) is 11.3. The van der Waals surface area contributed by atoms with Gasteiger partial charge < -0.3 is 10.3 Å². The van der Waals surface area contributed by atoms with Crippen molar-refractivity contribution in [3.8, 4) is 0 Å². The van der Waals surface area contributed by atoms with Gasteiger partial charge >= 0.3 is 0 Å². The number of nitrogens with one attached hydrogen (secondary N) is 2. The largest absolute Gasteiger partial charge is 0.353 e. The summed E-state index contributed by atoms with van der Waals surface area (Å²) in [4.78, 5) is 18.1. The molecule has 3 heterocycles. The average molecular weight is 298 g/mol. The second kappa shape index (κ2) is 4.85. The van der Waals surface area contributed by atoms with Gasteiger partial charge in [0.2, 0.25) is 5.91 Å². The molecule has 110 valence electrons. The molecule has 7 nitrogen and oxygen atoms in total. The van der Waals surface area contributed by atoms with Gasteiger partial charge in [-0.15, -0.1) is 0 Å². The smallest absolute Gasteiger partial charge is 0.260 e. The molecule has 20 heavy (non-hydrogen) atoms. The fraction of sp³-hybridized carbons (Fsp3) is 0.667. The van der Waals surface area contributed by atoms with E-state index in [1.165, 1.54) is 10.5 Å². The van der Waals surface area contributed by atoms with E-state index in [4.69, 9.17) is 0 Å². The van der Waals surface area contributed by atoms with E-state index >= 15 is 0 Å². The van der Waals surface area contributed by atoms with Gasteiger partial charge in [0, 0.05) is 25.6 Å². The van der Waals surface area contributed by atoms with E-state index < -0.39 is 10.0 Å². The van der Waals surface area contributed by atoms with Crippen LogP contribution in [0.15, 0.2) is 11.2 Å². The summed E-state index contributed by atoms with van der Waals surface area (Å²) in [6.07, 6.45) is 3.27. The summed E-state index contributed by atoms with van der Waals surface area (Å²) >= 11 is 0. The van der Waals surface area contributed by atoms with Gasteiger partial charge in [0.1, 0.15) is 5.82 Å². The summed E-state index contributed by atoms with van der Waals surface area (Å²) in [6.45, 7) is 2.62. The lowest BCUT2D eigenvalue weighted by Gasteiger charge is -2.40. The highest BCUT2D eigenvalue weighted by Gasteiger charge is 2.38. The summed E-state index contributed by atoms with van der Waals surface area (Å²) < 4.78 is 26.5. The van der Waals surface area contributed by atoms with Crippen LogP contribution in [0.5, 0.6) is 0 Å². The van der Waals surface area contributed by atoms with Crippen molar-refractivity contribution in [1.82, 2.24) is 19.6 Å². The van der Waals surface area contributed by atoms with Crippen LogP contribution in [0.1, 0.15) is 25.1 Å². The molecule has 2 fully saturated rings. The average Bonchev–Trinajstić information content (AvgIpc) is 2.85. The van der Waals surface area contributed by atoms with Gasteiger partial charge in [-0.05, 0) is 25.7 Å². The molecule has 2 N–H and O–H groups in total. The molecule has 1 amide bonds. The number of piperidine rings is 2. The normalized spacial score (nSPS) is 27.9. The van der Waals surface area contributed by atoms with Crippen LogP contribution >= 0.6 is 0 Å². The number of carbonyl (C=O) groups is 1.